The highest BCUT2D eigenvalue weighted by atomic mass is 35.5. The Kier molecular flexibility index (Phi) is 2.59. The molecule has 1 unspecified atom stereocenters. The van der Waals surface area contributed by atoms with Crippen molar-refractivity contribution in [2.45, 2.75) is 18.9 Å². The molecule has 1 aromatic rings. The van der Waals surface area contributed by atoms with Crippen molar-refractivity contribution in [1.29, 1.82) is 0 Å². The molecule has 1 aliphatic rings. The number of halogens is 1. The second-order valence-corrected chi connectivity index (χ2v) is 6.96. The van der Waals surface area contributed by atoms with Crippen molar-refractivity contribution >= 4 is 33.0 Å². The van der Waals surface area contributed by atoms with Crippen LogP contribution >= 0.6 is 22.9 Å². The average Bonchev–Trinajstić information content (AvgIpc) is 2.49. The highest BCUT2D eigenvalue weighted by Crippen LogP contribution is 2.39. The first-order valence-electron chi connectivity index (χ1n) is 4.21. The summed E-state index contributed by atoms with van der Waals surface area (Å²) < 4.78 is 25.5. The van der Waals surface area contributed by atoms with Gasteiger partial charge in [-0.1, -0.05) is 11.6 Å². The van der Waals surface area contributed by atoms with Crippen LogP contribution in [0.2, 0.25) is 4.34 Å². The van der Waals surface area contributed by atoms with Crippen LogP contribution < -0.4 is 4.72 Å². The molecule has 6 heteroatoms. The molecular formula is C8H10ClNO2S2. The minimum atomic E-state index is -3.13. The van der Waals surface area contributed by atoms with Crippen LogP contribution in [0.25, 0.3) is 0 Å². The Hall–Kier alpha value is -0.100. The largest absolute Gasteiger partial charge is 0.213 e. The Morgan fingerprint density at radius 2 is 2.36 bits per heavy atom. The summed E-state index contributed by atoms with van der Waals surface area (Å²) in [5.41, 5.74) is 1.05. The van der Waals surface area contributed by atoms with Gasteiger partial charge < -0.3 is 0 Å². The molecule has 0 amide bonds. The van der Waals surface area contributed by atoms with Crippen LogP contribution in [0.5, 0.6) is 0 Å². The van der Waals surface area contributed by atoms with Crippen molar-refractivity contribution < 1.29 is 8.42 Å². The summed E-state index contributed by atoms with van der Waals surface area (Å²) in [6, 6.07) is 1.78. The van der Waals surface area contributed by atoms with E-state index in [4.69, 9.17) is 11.6 Å². The Bertz CT molecular complexity index is 452. The predicted octanol–water partition coefficient (Wildman–Crippen LogP) is 1.94. The van der Waals surface area contributed by atoms with Gasteiger partial charge in [0.2, 0.25) is 10.0 Å². The zero-order valence-electron chi connectivity index (χ0n) is 7.58. The minimum Gasteiger partial charge on any atom is -0.213 e. The van der Waals surface area contributed by atoms with Crippen molar-refractivity contribution in [2.24, 2.45) is 0 Å². The summed E-state index contributed by atoms with van der Waals surface area (Å²) >= 11 is 7.39. The molecule has 3 nitrogen and oxygen atoms in total. The van der Waals surface area contributed by atoms with Crippen LogP contribution in [-0.2, 0) is 16.4 Å². The number of fused-ring (bicyclic) bond motifs is 1. The molecular weight excluding hydrogens is 242 g/mol. The molecule has 1 N–H and O–H groups in total. The highest BCUT2D eigenvalue weighted by molar-refractivity contribution is 7.88. The summed E-state index contributed by atoms with van der Waals surface area (Å²) in [6.07, 6.45) is 2.93. The Morgan fingerprint density at radius 3 is 3.00 bits per heavy atom. The number of rotatable bonds is 2. The molecule has 2 rings (SSSR count). The highest BCUT2D eigenvalue weighted by Gasteiger charge is 2.26. The van der Waals surface area contributed by atoms with Gasteiger partial charge in [-0.05, 0) is 24.5 Å². The van der Waals surface area contributed by atoms with E-state index >= 15 is 0 Å². The molecule has 1 aromatic heterocycles. The summed E-state index contributed by atoms with van der Waals surface area (Å²) in [6.45, 7) is 0. The minimum absolute atomic E-state index is 0.0799. The zero-order chi connectivity index (χ0) is 10.3. The standard InChI is InChI=1S/C8H10ClNO2S2/c1-14(11,12)10-6-2-3-7-5(6)4-8(9)13-7/h4,6,10H,2-3H2,1H3. The van der Waals surface area contributed by atoms with E-state index in [9.17, 15) is 8.42 Å². The average molecular weight is 252 g/mol. The van der Waals surface area contributed by atoms with Crippen molar-refractivity contribution in [2.75, 3.05) is 6.26 Å². The third kappa shape index (κ3) is 2.11. The number of sulfonamides is 1. The lowest BCUT2D eigenvalue weighted by Gasteiger charge is -2.09. The van der Waals surface area contributed by atoms with E-state index in [1.54, 1.807) is 0 Å². The molecule has 0 fully saturated rings. The first kappa shape index (κ1) is 10.4. The summed E-state index contributed by atoms with van der Waals surface area (Å²) in [7, 11) is -3.13. The molecule has 1 heterocycles. The van der Waals surface area contributed by atoms with E-state index in [2.05, 4.69) is 4.72 Å². The van der Waals surface area contributed by atoms with Gasteiger partial charge in [0.05, 0.1) is 10.6 Å². The Morgan fingerprint density at radius 1 is 1.64 bits per heavy atom. The van der Waals surface area contributed by atoms with Gasteiger partial charge in [-0.3, -0.25) is 0 Å². The molecule has 0 aliphatic heterocycles. The maximum Gasteiger partial charge on any atom is 0.209 e. The van der Waals surface area contributed by atoms with E-state index in [1.165, 1.54) is 22.5 Å². The molecule has 0 saturated carbocycles. The summed E-state index contributed by atoms with van der Waals surface area (Å²) in [5, 5.41) is 0. The molecule has 78 valence electrons. The molecule has 0 spiro atoms. The third-order valence-corrected chi connectivity index (χ3v) is 4.26. The van der Waals surface area contributed by atoms with E-state index in [-0.39, 0.29) is 6.04 Å². The van der Waals surface area contributed by atoms with Crippen molar-refractivity contribution in [3.63, 3.8) is 0 Å². The van der Waals surface area contributed by atoms with Gasteiger partial charge in [0, 0.05) is 10.9 Å². The summed E-state index contributed by atoms with van der Waals surface area (Å²) in [5.74, 6) is 0. The van der Waals surface area contributed by atoms with E-state index < -0.39 is 10.0 Å². The topological polar surface area (TPSA) is 46.2 Å². The van der Waals surface area contributed by atoms with Crippen LogP contribution in [0, 0.1) is 0 Å². The fraction of sp³-hybridized carbons (Fsp3) is 0.500. The quantitative estimate of drug-likeness (QED) is 0.873. The maximum absolute atomic E-state index is 11.1. The van der Waals surface area contributed by atoms with Crippen molar-refractivity contribution in [1.82, 2.24) is 4.72 Å². The smallest absolute Gasteiger partial charge is 0.209 e. The first-order chi connectivity index (χ1) is 6.46. The number of aryl methyl sites for hydroxylation is 1. The van der Waals surface area contributed by atoms with Gasteiger partial charge >= 0.3 is 0 Å². The van der Waals surface area contributed by atoms with Crippen molar-refractivity contribution in [3.05, 3.63) is 20.8 Å². The third-order valence-electron chi connectivity index (χ3n) is 2.20. The van der Waals surface area contributed by atoms with E-state index in [0.717, 1.165) is 22.7 Å². The normalized spacial score (nSPS) is 21.1. The first-order valence-corrected chi connectivity index (χ1v) is 7.30. The number of hydrogen-bond donors (Lipinski definition) is 1. The molecule has 0 saturated heterocycles. The fourth-order valence-electron chi connectivity index (χ4n) is 1.71. The number of thiophene rings is 1. The second-order valence-electron chi connectivity index (χ2n) is 3.41. The lowest BCUT2D eigenvalue weighted by molar-refractivity contribution is 0.560. The number of hydrogen-bond acceptors (Lipinski definition) is 3. The van der Waals surface area contributed by atoms with Gasteiger partial charge in [0.15, 0.2) is 0 Å². The van der Waals surface area contributed by atoms with Gasteiger partial charge in [-0.15, -0.1) is 11.3 Å². The predicted molar refractivity (Wildman–Crippen MR) is 58.4 cm³/mol. The van der Waals surface area contributed by atoms with E-state index in [1.807, 2.05) is 6.07 Å². The van der Waals surface area contributed by atoms with Crippen LogP contribution in [0.4, 0.5) is 0 Å². The SMILES string of the molecule is CS(=O)(=O)NC1CCc2sc(Cl)cc21. The molecule has 0 bridgehead atoms. The second kappa shape index (κ2) is 3.48. The van der Waals surface area contributed by atoms with Crippen LogP contribution in [0.3, 0.4) is 0 Å². The van der Waals surface area contributed by atoms with Gasteiger partial charge in [0.25, 0.3) is 0 Å². The van der Waals surface area contributed by atoms with Gasteiger partial charge in [-0.2, -0.15) is 0 Å². The molecule has 0 radical (unpaired) electrons. The van der Waals surface area contributed by atoms with Crippen LogP contribution in [0.15, 0.2) is 6.07 Å². The van der Waals surface area contributed by atoms with Crippen LogP contribution in [-0.4, -0.2) is 14.7 Å². The monoisotopic (exact) mass is 251 g/mol. The van der Waals surface area contributed by atoms with Gasteiger partial charge in [-0.25, -0.2) is 13.1 Å². The Labute approximate surface area is 92.1 Å². The fourth-order valence-corrected chi connectivity index (χ4v) is 3.83. The van der Waals surface area contributed by atoms with Gasteiger partial charge in [0.1, 0.15) is 0 Å². The van der Waals surface area contributed by atoms with Crippen LogP contribution in [0.1, 0.15) is 22.9 Å². The maximum atomic E-state index is 11.1. The molecule has 0 aromatic carbocycles. The lowest BCUT2D eigenvalue weighted by Crippen LogP contribution is -2.25. The zero-order valence-corrected chi connectivity index (χ0v) is 9.97. The van der Waals surface area contributed by atoms with E-state index in [0.29, 0.717) is 0 Å². The molecule has 14 heavy (non-hydrogen) atoms. The lowest BCUT2D eigenvalue weighted by atomic mass is 10.2. The summed E-state index contributed by atoms with van der Waals surface area (Å²) in [4.78, 5) is 1.20. The van der Waals surface area contributed by atoms with Crippen molar-refractivity contribution in [3.8, 4) is 0 Å². The molecule has 1 aliphatic carbocycles. The number of nitrogens with one attached hydrogen (secondary N) is 1. The molecule has 1 atom stereocenters. The Balaban J connectivity index is 2.26.